The van der Waals surface area contributed by atoms with Crippen LogP contribution in [0.15, 0.2) is 24.3 Å². The van der Waals surface area contributed by atoms with Crippen molar-refractivity contribution in [1.29, 1.82) is 0 Å². The van der Waals surface area contributed by atoms with Gasteiger partial charge in [-0.1, -0.05) is 26.0 Å². The molecule has 21 heavy (non-hydrogen) atoms. The summed E-state index contributed by atoms with van der Waals surface area (Å²) < 4.78 is 5.33. The van der Waals surface area contributed by atoms with Gasteiger partial charge in [-0.05, 0) is 23.6 Å². The van der Waals surface area contributed by atoms with Crippen LogP contribution in [0.1, 0.15) is 25.3 Å². The van der Waals surface area contributed by atoms with E-state index < -0.39 is 0 Å². The van der Waals surface area contributed by atoms with Gasteiger partial charge in [-0.15, -0.1) is 0 Å². The molecular weight excluding hydrogens is 264 g/mol. The van der Waals surface area contributed by atoms with Crippen LogP contribution in [0.5, 0.6) is 0 Å². The van der Waals surface area contributed by atoms with Gasteiger partial charge in [0.25, 0.3) is 0 Å². The average Bonchev–Trinajstić information content (AvgIpc) is 2.48. The summed E-state index contributed by atoms with van der Waals surface area (Å²) in [6.07, 6.45) is -0.337. The molecule has 1 aliphatic rings. The molecule has 4 heteroatoms. The molecule has 1 aromatic carbocycles. The Balaban J connectivity index is 1.87. The number of nitrogens with zero attached hydrogens (tertiary/aromatic N) is 2. The van der Waals surface area contributed by atoms with E-state index in [2.05, 4.69) is 47.9 Å². The first kappa shape index (κ1) is 16.3. The number of hydrogen-bond donors (Lipinski definition) is 1. The monoisotopic (exact) mass is 292 g/mol. The number of β-amino-alcohol motifs (C(OH)–C–C–N with tert-alkyl or cyclic N) is 1. The highest BCUT2D eigenvalue weighted by Gasteiger charge is 2.16. The Morgan fingerprint density at radius 1 is 1.29 bits per heavy atom. The van der Waals surface area contributed by atoms with Crippen LogP contribution in [0.3, 0.4) is 0 Å². The van der Waals surface area contributed by atoms with Crippen LogP contribution in [0.4, 0.5) is 5.69 Å². The molecule has 1 unspecified atom stereocenters. The summed E-state index contributed by atoms with van der Waals surface area (Å²) in [6, 6.07) is 8.57. The van der Waals surface area contributed by atoms with Crippen molar-refractivity contribution in [3.8, 4) is 0 Å². The zero-order valence-corrected chi connectivity index (χ0v) is 13.5. The lowest BCUT2D eigenvalue weighted by atomic mass is 10.0. The maximum Gasteiger partial charge on any atom is 0.0841 e. The molecule has 1 heterocycles. The molecule has 0 bridgehead atoms. The van der Waals surface area contributed by atoms with E-state index >= 15 is 0 Å². The van der Waals surface area contributed by atoms with Crippen molar-refractivity contribution in [1.82, 2.24) is 4.90 Å². The molecule has 1 aromatic rings. The second-order valence-electron chi connectivity index (χ2n) is 6.20. The van der Waals surface area contributed by atoms with Crippen LogP contribution in [0.25, 0.3) is 0 Å². The third-order valence-electron chi connectivity index (χ3n) is 4.03. The fraction of sp³-hybridized carbons (Fsp3) is 0.647. The van der Waals surface area contributed by atoms with Gasteiger partial charge in [0.05, 0.1) is 19.3 Å². The Kier molecular flexibility index (Phi) is 6.03. The quantitative estimate of drug-likeness (QED) is 0.869. The van der Waals surface area contributed by atoms with Crippen molar-refractivity contribution in [2.75, 3.05) is 51.3 Å². The lowest BCUT2D eigenvalue weighted by Crippen LogP contribution is -2.44. The first-order chi connectivity index (χ1) is 10.1. The summed E-state index contributed by atoms with van der Waals surface area (Å²) in [4.78, 5) is 4.41. The van der Waals surface area contributed by atoms with Crippen molar-refractivity contribution >= 4 is 5.69 Å². The summed E-state index contributed by atoms with van der Waals surface area (Å²) in [7, 11) is 2.04. The van der Waals surface area contributed by atoms with Gasteiger partial charge in [0.1, 0.15) is 0 Å². The normalized spacial score (nSPS) is 18.0. The minimum atomic E-state index is -0.337. The molecule has 1 atom stereocenters. The Morgan fingerprint density at radius 2 is 2.00 bits per heavy atom. The van der Waals surface area contributed by atoms with Crippen LogP contribution in [-0.2, 0) is 4.74 Å². The number of likely N-dealkylation sites (N-methyl/N-ethyl adjacent to an activating group) is 1. The minimum Gasteiger partial charge on any atom is -0.390 e. The van der Waals surface area contributed by atoms with Gasteiger partial charge in [-0.2, -0.15) is 0 Å². The number of hydrogen-bond acceptors (Lipinski definition) is 4. The molecule has 1 aliphatic heterocycles. The van der Waals surface area contributed by atoms with E-state index in [1.807, 2.05) is 7.05 Å². The highest BCUT2D eigenvalue weighted by Crippen LogP contribution is 2.21. The highest BCUT2D eigenvalue weighted by atomic mass is 16.5. The number of ether oxygens (including phenoxy) is 1. The average molecular weight is 292 g/mol. The molecule has 118 valence electrons. The predicted molar refractivity (Wildman–Crippen MR) is 87.1 cm³/mol. The smallest absolute Gasteiger partial charge is 0.0841 e. The molecule has 4 nitrogen and oxygen atoms in total. The molecule has 1 N–H and O–H groups in total. The highest BCUT2D eigenvalue weighted by molar-refractivity contribution is 5.48. The molecule has 0 aromatic heterocycles. The molecule has 0 amide bonds. The van der Waals surface area contributed by atoms with E-state index in [4.69, 9.17) is 4.74 Å². The summed E-state index contributed by atoms with van der Waals surface area (Å²) >= 11 is 0. The fourth-order valence-corrected chi connectivity index (χ4v) is 2.68. The largest absolute Gasteiger partial charge is 0.390 e. The van der Waals surface area contributed by atoms with Gasteiger partial charge >= 0.3 is 0 Å². The zero-order chi connectivity index (χ0) is 15.2. The first-order valence-electron chi connectivity index (χ1n) is 7.85. The summed E-state index contributed by atoms with van der Waals surface area (Å²) in [5.41, 5.74) is 2.50. The minimum absolute atomic E-state index is 0.337. The number of morpholine rings is 1. The Morgan fingerprint density at radius 3 is 2.67 bits per heavy atom. The van der Waals surface area contributed by atoms with Gasteiger partial charge in [0.2, 0.25) is 0 Å². The van der Waals surface area contributed by atoms with Gasteiger partial charge in [0, 0.05) is 38.9 Å². The molecule has 0 aliphatic carbocycles. The van der Waals surface area contributed by atoms with Gasteiger partial charge < -0.3 is 14.7 Å². The van der Waals surface area contributed by atoms with Gasteiger partial charge in [0.15, 0.2) is 0 Å². The Hall–Kier alpha value is -1.10. The molecular formula is C17H28N2O2. The van der Waals surface area contributed by atoms with Crippen LogP contribution < -0.4 is 4.90 Å². The van der Waals surface area contributed by atoms with Crippen molar-refractivity contribution in [2.45, 2.75) is 25.9 Å². The number of rotatable bonds is 6. The molecule has 0 radical (unpaired) electrons. The van der Waals surface area contributed by atoms with E-state index in [-0.39, 0.29) is 6.10 Å². The van der Waals surface area contributed by atoms with Gasteiger partial charge in [-0.25, -0.2) is 0 Å². The molecule has 2 rings (SSSR count). The van der Waals surface area contributed by atoms with Gasteiger partial charge in [-0.3, -0.25) is 4.90 Å². The van der Waals surface area contributed by atoms with Crippen molar-refractivity contribution in [3.63, 3.8) is 0 Å². The predicted octanol–water partition coefficient (Wildman–Crippen LogP) is 1.94. The first-order valence-corrected chi connectivity index (χ1v) is 7.85. The van der Waals surface area contributed by atoms with E-state index in [1.165, 1.54) is 11.3 Å². The molecule has 1 saturated heterocycles. The summed E-state index contributed by atoms with van der Waals surface area (Å²) in [5.74, 6) is 0.525. The lowest BCUT2D eigenvalue weighted by molar-refractivity contribution is 0.0162. The van der Waals surface area contributed by atoms with Crippen LogP contribution in [0.2, 0.25) is 0 Å². The summed E-state index contributed by atoms with van der Waals surface area (Å²) in [5, 5.41) is 10.3. The third kappa shape index (κ3) is 4.99. The molecule has 0 saturated carbocycles. The topological polar surface area (TPSA) is 35.9 Å². The second kappa shape index (κ2) is 7.78. The standard InChI is InChI=1S/C17H28N2O2/c1-14(2)15-5-4-6-16(11-15)18(3)12-17(20)13-19-7-9-21-10-8-19/h4-6,11,14,17,20H,7-10,12-13H2,1-3H3. The number of aliphatic hydroxyl groups is 1. The van der Waals surface area contributed by atoms with Crippen molar-refractivity contribution in [3.05, 3.63) is 29.8 Å². The summed E-state index contributed by atoms with van der Waals surface area (Å²) in [6.45, 7) is 9.17. The van der Waals surface area contributed by atoms with E-state index in [1.54, 1.807) is 0 Å². The van der Waals surface area contributed by atoms with E-state index in [0.29, 0.717) is 12.5 Å². The van der Waals surface area contributed by atoms with E-state index in [9.17, 15) is 5.11 Å². The lowest BCUT2D eigenvalue weighted by Gasteiger charge is -2.30. The number of anilines is 1. The Bertz CT molecular complexity index is 431. The maximum atomic E-state index is 10.3. The fourth-order valence-electron chi connectivity index (χ4n) is 2.68. The molecule has 0 spiro atoms. The van der Waals surface area contributed by atoms with Crippen LogP contribution in [-0.4, -0.2) is 62.6 Å². The van der Waals surface area contributed by atoms with Crippen molar-refractivity contribution < 1.29 is 9.84 Å². The SMILES string of the molecule is CC(C)c1cccc(N(C)CC(O)CN2CCOCC2)c1. The van der Waals surface area contributed by atoms with E-state index in [0.717, 1.165) is 32.8 Å². The maximum absolute atomic E-state index is 10.3. The molecule has 1 fully saturated rings. The van der Waals surface area contributed by atoms with Crippen LogP contribution in [0, 0.1) is 0 Å². The Labute approximate surface area is 128 Å². The zero-order valence-electron chi connectivity index (χ0n) is 13.5. The third-order valence-corrected chi connectivity index (χ3v) is 4.03. The number of aliphatic hydroxyl groups excluding tert-OH is 1. The second-order valence-corrected chi connectivity index (χ2v) is 6.20. The number of benzene rings is 1. The van der Waals surface area contributed by atoms with Crippen molar-refractivity contribution in [2.24, 2.45) is 0 Å². The van der Waals surface area contributed by atoms with Crippen LogP contribution >= 0.6 is 0 Å².